The minimum Gasteiger partial charge on any atom is -0.297 e. The quantitative estimate of drug-likeness (QED) is 0.574. The largest absolute Gasteiger partial charge is 0.345 e. The first kappa shape index (κ1) is 13.3. The number of fused-ring (bicyclic) bond motifs is 1. The van der Waals surface area contributed by atoms with Gasteiger partial charge in [-0.1, -0.05) is 0 Å². The van der Waals surface area contributed by atoms with Crippen LogP contribution in [0.1, 0.15) is 10.4 Å². The van der Waals surface area contributed by atoms with Gasteiger partial charge in [0, 0.05) is 17.8 Å². The van der Waals surface area contributed by atoms with Gasteiger partial charge >= 0.3 is 5.00 Å². The summed E-state index contributed by atoms with van der Waals surface area (Å²) in [7, 11) is 0. The average Bonchev–Trinajstić information content (AvgIpc) is 3.07. The molecule has 0 aliphatic heterocycles. The average molecular weight is 323 g/mol. The van der Waals surface area contributed by atoms with Gasteiger partial charge in [-0.25, -0.2) is 9.97 Å². The van der Waals surface area contributed by atoms with Crippen LogP contribution in [0.4, 0.5) is 10.1 Å². The van der Waals surface area contributed by atoms with Crippen molar-refractivity contribution in [3.8, 4) is 0 Å². The van der Waals surface area contributed by atoms with Crippen molar-refractivity contribution in [1.82, 2.24) is 14.4 Å². The van der Waals surface area contributed by atoms with Crippen molar-refractivity contribution in [3.05, 3.63) is 50.0 Å². The Kier molecular flexibility index (Phi) is 3.19. The second kappa shape index (κ2) is 5.03. The first-order valence-electron chi connectivity index (χ1n) is 5.42. The Hall–Kier alpha value is -2.66. The fourth-order valence-corrected chi connectivity index (χ4v) is 2.86. The van der Waals surface area contributed by atoms with Crippen molar-refractivity contribution in [3.63, 3.8) is 0 Å². The molecule has 9 nitrogen and oxygen atoms in total. The lowest BCUT2D eigenvalue weighted by Crippen LogP contribution is -2.25. The van der Waals surface area contributed by atoms with Crippen molar-refractivity contribution in [1.29, 1.82) is 0 Å². The maximum Gasteiger partial charge on any atom is 0.345 e. The molecule has 0 spiro atoms. The third-order valence-electron chi connectivity index (χ3n) is 2.48. The Balaban J connectivity index is 1.91. The number of hydrogen-bond acceptors (Lipinski definition) is 8. The monoisotopic (exact) mass is 323 g/mol. The molecule has 106 valence electrons. The Labute approximate surface area is 123 Å². The van der Waals surface area contributed by atoms with Crippen LogP contribution in [-0.4, -0.2) is 25.2 Å². The SMILES string of the molecule is O=C(Nc1ncc([N+](=O)[O-])s1)c1cnc2sccn2c1=O. The Morgan fingerprint density at radius 2 is 2.19 bits per heavy atom. The van der Waals surface area contributed by atoms with Gasteiger partial charge in [-0.2, -0.15) is 0 Å². The minimum atomic E-state index is -0.711. The number of aromatic nitrogens is 3. The van der Waals surface area contributed by atoms with Gasteiger partial charge in [0.1, 0.15) is 11.8 Å². The first-order valence-corrected chi connectivity index (χ1v) is 7.12. The summed E-state index contributed by atoms with van der Waals surface area (Å²) in [5.74, 6) is -0.711. The predicted molar refractivity (Wildman–Crippen MR) is 76.1 cm³/mol. The van der Waals surface area contributed by atoms with Crippen molar-refractivity contribution >= 4 is 43.7 Å². The van der Waals surface area contributed by atoms with E-state index in [2.05, 4.69) is 15.3 Å². The summed E-state index contributed by atoms with van der Waals surface area (Å²) in [6, 6.07) is 0. The number of anilines is 1. The van der Waals surface area contributed by atoms with Crippen LogP contribution < -0.4 is 10.9 Å². The van der Waals surface area contributed by atoms with Crippen LogP contribution in [0.25, 0.3) is 4.96 Å². The molecule has 0 saturated heterocycles. The van der Waals surface area contributed by atoms with E-state index in [1.165, 1.54) is 28.1 Å². The third-order valence-corrected chi connectivity index (χ3v) is 4.12. The second-order valence-corrected chi connectivity index (χ2v) is 5.63. The zero-order chi connectivity index (χ0) is 15.0. The summed E-state index contributed by atoms with van der Waals surface area (Å²) in [5.41, 5.74) is -0.673. The molecule has 3 rings (SSSR count). The molecular formula is C10H5N5O4S2. The van der Waals surface area contributed by atoms with Crippen molar-refractivity contribution in [2.45, 2.75) is 0 Å². The zero-order valence-electron chi connectivity index (χ0n) is 10.0. The summed E-state index contributed by atoms with van der Waals surface area (Å²) < 4.78 is 1.25. The van der Waals surface area contributed by atoms with Crippen molar-refractivity contribution in [2.24, 2.45) is 0 Å². The van der Waals surface area contributed by atoms with Crippen LogP contribution in [0, 0.1) is 10.1 Å². The number of nitrogens with zero attached hydrogens (tertiary/aromatic N) is 4. The van der Waals surface area contributed by atoms with Crippen LogP contribution in [0.2, 0.25) is 0 Å². The molecular weight excluding hydrogens is 318 g/mol. The van der Waals surface area contributed by atoms with Crippen LogP contribution in [0.5, 0.6) is 0 Å². The molecule has 0 bridgehead atoms. The number of thiazole rings is 2. The molecule has 0 aromatic carbocycles. The molecule has 3 heterocycles. The maximum absolute atomic E-state index is 12.1. The third kappa shape index (κ3) is 2.39. The molecule has 1 amide bonds. The van der Waals surface area contributed by atoms with Gasteiger partial charge in [0.25, 0.3) is 11.5 Å². The second-order valence-electron chi connectivity index (χ2n) is 3.75. The van der Waals surface area contributed by atoms with E-state index in [9.17, 15) is 19.7 Å². The van der Waals surface area contributed by atoms with E-state index < -0.39 is 16.4 Å². The number of rotatable bonds is 3. The molecule has 0 atom stereocenters. The van der Waals surface area contributed by atoms with Gasteiger partial charge in [0.15, 0.2) is 10.1 Å². The number of amides is 1. The van der Waals surface area contributed by atoms with Gasteiger partial charge in [-0.3, -0.25) is 29.4 Å². The van der Waals surface area contributed by atoms with E-state index in [-0.39, 0.29) is 15.7 Å². The summed E-state index contributed by atoms with van der Waals surface area (Å²) >= 11 is 1.97. The predicted octanol–water partition coefficient (Wildman–Crippen LogP) is 1.37. The molecule has 0 fully saturated rings. The number of carbonyl (C=O) groups is 1. The topological polar surface area (TPSA) is 120 Å². The van der Waals surface area contributed by atoms with Crippen LogP contribution in [0.15, 0.2) is 28.8 Å². The lowest BCUT2D eigenvalue weighted by atomic mass is 10.3. The molecule has 1 N–H and O–H groups in total. The van der Waals surface area contributed by atoms with Crippen molar-refractivity contribution in [2.75, 3.05) is 5.32 Å². The molecule has 0 saturated carbocycles. The van der Waals surface area contributed by atoms with E-state index in [1.807, 2.05) is 0 Å². The lowest BCUT2D eigenvalue weighted by Gasteiger charge is -2.00. The fraction of sp³-hybridized carbons (Fsp3) is 0. The molecule has 3 aromatic heterocycles. The van der Waals surface area contributed by atoms with Gasteiger partial charge in [0.2, 0.25) is 0 Å². The molecule has 11 heteroatoms. The van der Waals surface area contributed by atoms with E-state index in [0.29, 0.717) is 16.3 Å². The van der Waals surface area contributed by atoms with E-state index in [1.54, 1.807) is 5.38 Å². The summed E-state index contributed by atoms with van der Waals surface area (Å²) in [4.78, 5) is 42.2. The van der Waals surface area contributed by atoms with Crippen LogP contribution in [-0.2, 0) is 0 Å². The molecule has 0 unspecified atom stereocenters. The number of carbonyl (C=O) groups excluding carboxylic acids is 1. The van der Waals surface area contributed by atoms with Gasteiger partial charge in [-0.05, 0) is 11.3 Å². The van der Waals surface area contributed by atoms with Gasteiger partial charge in [-0.15, -0.1) is 11.3 Å². The van der Waals surface area contributed by atoms with Gasteiger partial charge in [0.05, 0.1) is 4.92 Å². The standard InChI is InChI=1S/C10H5N5O4S2/c16-7(13-9-11-4-6(21-9)15(18)19)5-3-12-10-14(8(5)17)1-2-20-10/h1-4H,(H,11,13,16). The highest BCUT2D eigenvalue weighted by atomic mass is 32.1. The Morgan fingerprint density at radius 3 is 2.90 bits per heavy atom. The fourth-order valence-electron chi connectivity index (χ4n) is 1.55. The molecule has 3 aromatic rings. The zero-order valence-corrected chi connectivity index (χ0v) is 11.7. The van der Waals surface area contributed by atoms with Gasteiger partial charge < -0.3 is 0 Å². The highest BCUT2D eigenvalue weighted by Gasteiger charge is 2.17. The molecule has 0 aliphatic carbocycles. The normalized spacial score (nSPS) is 10.7. The summed E-state index contributed by atoms with van der Waals surface area (Å²) in [6.07, 6.45) is 3.72. The number of hydrogen-bond donors (Lipinski definition) is 1. The number of nitrogens with one attached hydrogen (secondary N) is 1. The maximum atomic E-state index is 12.1. The first-order chi connectivity index (χ1) is 10.1. The Morgan fingerprint density at radius 1 is 1.38 bits per heavy atom. The Bertz CT molecular complexity index is 911. The molecule has 0 aliphatic rings. The van der Waals surface area contributed by atoms with E-state index in [0.717, 1.165) is 6.20 Å². The molecule has 0 radical (unpaired) electrons. The minimum absolute atomic E-state index is 0.0431. The van der Waals surface area contributed by atoms with Crippen LogP contribution in [0.3, 0.4) is 0 Å². The highest BCUT2D eigenvalue weighted by Crippen LogP contribution is 2.25. The molecule has 21 heavy (non-hydrogen) atoms. The lowest BCUT2D eigenvalue weighted by molar-refractivity contribution is -0.380. The van der Waals surface area contributed by atoms with Crippen molar-refractivity contribution < 1.29 is 9.72 Å². The van der Waals surface area contributed by atoms with Crippen LogP contribution >= 0.6 is 22.7 Å². The number of nitro groups is 1. The summed E-state index contributed by atoms with van der Waals surface area (Å²) in [6.45, 7) is 0. The van der Waals surface area contributed by atoms with E-state index in [4.69, 9.17) is 0 Å². The highest BCUT2D eigenvalue weighted by molar-refractivity contribution is 7.18. The smallest absolute Gasteiger partial charge is 0.297 e. The summed E-state index contributed by atoms with van der Waals surface area (Å²) in [5, 5.41) is 14.4. The van der Waals surface area contributed by atoms with E-state index >= 15 is 0 Å².